The summed E-state index contributed by atoms with van der Waals surface area (Å²) < 4.78 is 10.6. The van der Waals surface area contributed by atoms with Gasteiger partial charge >= 0.3 is 12.2 Å². The fourth-order valence-electron chi connectivity index (χ4n) is 3.52. The van der Waals surface area contributed by atoms with Gasteiger partial charge in [0.2, 0.25) is 0 Å². The number of alkyl carbamates (subject to hydrolysis) is 1. The van der Waals surface area contributed by atoms with E-state index in [9.17, 15) is 14.4 Å². The molecule has 0 bridgehead atoms. The van der Waals surface area contributed by atoms with E-state index in [0.29, 0.717) is 0 Å². The Morgan fingerprint density at radius 1 is 1.06 bits per heavy atom. The second-order valence-corrected chi connectivity index (χ2v) is 8.53. The molecule has 2 aromatic rings. The van der Waals surface area contributed by atoms with E-state index < -0.39 is 41.7 Å². The molecule has 3 atom stereocenters. The summed E-state index contributed by atoms with van der Waals surface area (Å²) in [5, 5.41) is 2.68. The number of carbonyl (C=O) groups is 3. The van der Waals surface area contributed by atoms with Crippen molar-refractivity contribution in [2.24, 2.45) is 0 Å². The van der Waals surface area contributed by atoms with Crippen molar-refractivity contribution in [2.75, 3.05) is 6.61 Å². The van der Waals surface area contributed by atoms with E-state index in [2.05, 4.69) is 5.32 Å². The maximum atomic E-state index is 13.6. The summed E-state index contributed by atoms with van der Waals surface area (Å²) in [5.74, 6) is -0.954. The van der Waals surface area contributed by atoms with E-state index in [1.165, 1.54) is 0 Å². The second kappa shape index (κ2) is 9.20. The van der Waals surface area contributed by atoms with Gasteiger partial charge in [0.25, 0.3) is 5.91 Å². The van der Waals surface area contributed by atoms with Crippen molar-refractivity contribution in [3.8, 4) is 0 Å². The van der Waals surface area contributed by atoms with Gasteiger partial charge in [-0.15, -0.1) is 0 Å². The van der Waals surface area contributed by atoms with E-state index in [0.717, 1.165) is 16.0 Å². The Morgan fingerprint density at radius 3 is 2.23 bits per heavy atom. The molecule has 0 unspecified atom stereocenters. The number of ether oxygens (including phenoxy) is 2. The number of nitrogens with zero attached hydrogens (tertiary/aromatic N) is 1. The van der Waals surface area contributed by atoms with Gasteiger partial charge in [-0.3, -0.25) is 4.79 Å². The molecule has 0 spiro atoms. The van der Waals surface area contributed by atoms with Crippen molar-refractivity contribution in [2.45, 2.75) is 51.3 Å². The molecule has 0 saturated carbocycles. The molecule has 1 aliphatic rings. The average molecular weight is 424 g/mol. The van der Waals surface area contributed by atoms with Crippen molar-refractivity contribution in [1.29, 1.82) is 0 Å². The summed E-state index contributed by atoms with van der Waals surface area (Å²) in [4.78, 5) is 39.8. The molecule has 1 fully saturated rings. The average Bonchev–Trinajstić information content (AvgIpc) is 3.12. The maximum absolute atomic E-state index is 13.6. The van der Waals surface area contributed by atoms with E-state index in [1.54, 1.807) is 20.8 Å². The lowest BCUT2D eigenvalue weighted by Gasteiger charge is -2.30. The largest absolute Gasteiger partial charge is 0.446 e. The van der Waals surface area contributed by atoms with E-state index in [1.807, 2.05) is 67.6 Å². The van der Waals surface area contributed by atoms with Crippen molar-refractivity contribution in [3.05, 3.63) is 71.8 Å². The normalized spacial score (nSPS) is 18.1. The quantitative estimate of drug-likeness (QED) is 0.769. The number of nitrogens with one attached hydrogen (secondary N) is 1. The summed E-state index contributed by atoms with van der Waals surface area (Å²) in [6.45, 7) is 7.12. The molecule has 1 saturated heterocycles. The Hall–Kier alpha value is -3.35. The number of hydrogen-bond acceptors (Lipinski definition) is 5. The molecule has 3 amide bonds. The monoisotopic (exact) mass is 424 g/mol. The first-order valence-electron chi connectivity index (χ1n) is 10.3. The molecule has 164 valence electrons. The minimum absolute atomic E-state index is 0.0630. The third-order valence-corrected chi connectivity index (χ3v) is 5.06. The zero-order valence-corrected chi connectivity index (χ0v) is 18.2. The number of hydrogen-bond donors (Lipinski definition) is 1. The Kier molecular flexibility index (Phi) is 6.63. The van der Waals surface area contributed by atoms with Crippen molar-refractivity contribution < 1.29 is 23.9 Å². The van der Waals surface area contributed by atoms with Crippen LogP contribution in [0.1, 0.15) is 50.8 Å². The van der Waals surface area contributed by atoms with Crippen LogP contribution in [-0.2, 0) is 14.3 Å². The highest BCUT2D eigenvalue weighted by molar-refractivity contribution is 5.98. The van der Waals surface area contributed by atoms with Gasteiger partial charge in [0.05, 0.1) is 0 Å². The van der Waals surface area contributed by atoms with Gasteiger partial charge in [0, 0.05) is 5.92 Å². The van der Waals surface area contributed by atoms with Crippen LogP contribution in [0.25, 0.3) is 0 Å². The van der Waals surface area contributed by atoms with Crippen molar-refractivity contribution >= 4 is 18.1 Å². The number of rotatable bonds is 5. The highest BCUT2D eigenvalue weighted by Gasteiger charge is 2.44. The SMILES string of the molecule is C[C@@H](c1ccccc1)[C@H](NC(=O)OC(C)(C)C)C(=O)N1C(=O)OC[C@@H]1c1ccccc1. The van der Waals surface area contributed by atoms with E-state index in [4.69, 9.17) is 9.47 Å². The van der Waals surface area contributed by atoms with Crippen LogP contribution in [0.2, 0.25) is 0 Å². The molecule has 1 aliphatic heterocycles. The zero-order valence-electron chi connectivity index (χ0n) is 18.2. The van der Waals surface area contributed by atoms with Gasteiger partial charge in [-0.1, -0.05) is 67.6 Å². The lowest BCUT2D eigenvalue weighted by Crippen LogP contribution is -2.52. The van der Waals surface area contributed by atoms with Crippen LogP contribution in [0.4, 0.5) is 9.59 Å². The van der Waals surface area contributed by atoms with E-state index in [-0.39, 0.29) is 6.61 Å². The molecule has 7 heteroatoms. The summed E-state index contributed by atoms with van der Waals surface area (Å²) in [7, 11) is 0. The van der Waals surface area contributed by atoms with Crippen molar-refractivity contribution in [3.63, 3.8) is 0 Å². The molecule has 2 aromatic carbocycles. The molecular formula is C24H28N2O5. The molecule has 3 rings (SSSR count). The smallest absolute Gasteiger partial charge is 0.417 e. The van der Waals surface area contributed by atoms with Crippen LogP contribution in [0.5, 0.6) is 0 Å². The number of amides is 3. The Labute approximate surface area is 182 Å². The first kappa shape index (κ1) is 22.3. The number of cyclic esters (lactones) is 1. The first-order chi connectivity index (χ1) is 14.7. The first-order valence-corrected chi connectivity index (χ1v) is 10.3. The molecule has 1 heterocycles. The third-order valence-electron chi connectivity index (χ3n) is 5.06. The minimum atomic E-state index is -1.02. The maximum Gasteiger partial charge on any atom is 0.417 e. The predicted molar refractivity (Wildman–Crippen MR) is 115 cm³/mol. The van der Waals surface area contributed by atoms with Gasteiger partial charge in [0.15, 0.2) is 0 Å². The van der Waals surface area contributed by atoms with Crippen LogP contribution >= 0.6 is 0 Å². The molecule has 7 nitrogen and oxygen atoms in total. The van der Waals surface area contributed by atoms with Crippen LogP contribution in [0.3, 0.4) is 0 Å². The fraction of sp³-hybridized carbons (Fsp3) is 0.375. The Bertz CT molecular complexity index is 924. The Morgan fingerprint density at radius 2 is 1.65 bits per heavy atom. The molecule has 0 radical (unpaired) electrons. The van der Waals surface area contributed by atoms with Gasteiger partial charge in [-0.25, -0.2) is 14.5 Å². The third kappa shape index (κ3) is 5.42. The van der Waals surface area contributed by atoms with Crippen LogP contribution in [-0.4, -0.2) is 41.2 Å². The van der Waals surface area contributed by atoms with Gasteiger partial charge < -0.3 is 14.8 Å². The van der Waals surface area contributed by atoms with Gasteiger partial charge in [-0.2, -0.15) is 0 Å². The zero-order chi connectivity index (χ0) is 22.6. The summed E-state index contributed by atoms with van der Waals surface area (Å²) in [5.41, 5.74) is 0.901. The molecule has 31 heavy (non-hydrogen) atoms. The van der Waals surface area contributed by atoms with Crippen LogP contribution in [0.15, 0.2) is 60.7 Å². The molecule has 0 aliphatic carbocycles. The van der Waals surface area contributed by atoms with Crippen LogP contribution in [0, 0.1) is 0 Å². The predicted octanol–water partition coefficient (Wildman–Crippen LogP) is 4.40. The molecular weight excluding hydrogens is 396 g/mol. The standard InChI is InChI=1S/C24H28N2O5/c1-16(17-11-7-5-8-12-17)20(25-22(28)31-24(2,3)4)21(27)26-19(15-30-23(26)29)18-13-9-6-10-14-18/h5-14,16,19-20H,15H2,1-4H3,(H,25,28)/t16-,19+,20-/m0/s1. The second-order valence-electron chi connectivity index (χ2n) is 8.53. The molecule has 0 aromatic heterocycles. The lowest BCUT2D eigenvalue weighted by atomic mass is 9.92. The number of benzene rings is 2. The number of carbonyl (C=O) groups excluding carboxylic acids is 3. The summed E-state index contributed by atoms with van der Waals surface area (Å²) in [6, 6.07) is 17.0. The number of imide groups is 1. The highest BCUT2D eigenvalue weighted by Crippen LogP contribution is 2.31. The topological polar surface area (TPSA) is 84.9 Å². The van der Waals surface area contributed by atoms with E-state index >= 15 is 0 Å². The summed E-state index contributed by atoms with van der Waals surface area (Å²) >= 11 is 0. The van der Waals surface area contributed by atoms with Gasteiger partial charge in [0.1, 0.15) is 24.3 Å². The lowest BCUT2D eigenvalue weighted by molar-refractivity contribution is -0.132. The molecule has 1 N–H and O–H groups in total. The summed E-state index contributed by atoms with van der Waals surface area (Å²) in [6.07, 6.45) is -1.45. The fourth-order valence-corrected chi connectivity index (χ4v) is 3.52. The Balaban J connectivity index is 1.92. The van der Waals surface area contributed by atoms with Gasteiger partial charge in [-0.05, 0) is 31.9 Å². The van der Waals surface area contributed by atoms with Crippen molar-refractivity contribution in [1.82, 2.24) is 10.2 Å². The minimum Gasteiger partial charge on any atom is -0.446 e. The van der Waals surface area contributed by atoms with Crippen LogP contribution < -0.4 is 5.32 Å². The highest BCUT2D eigenvalue weighted by atomic mass is 16.6.